The van der Waals surface area contributed by atoms with Crippen LogP contribution in [0.15, 0.2) is 48.5 Å². The van der Waals surface area contributed by atoms with Crippen molar-refractivity contribution in [2.45, 2.75) is 39.3 Å². The van der Waals surface area contributed by atoms with Crippen molar-refractivity contribution in [1.29, 1.82) is 0 Å². The Bertz CT molecular complexity index is 738. The molecule has 25 heavy (non-hydrogen) atoms. The van der Waals surface area contributed by atoms with Gasteiger partial charge in [-0.05, 0) is 56.2 Å². The molecule has 1 atom stereocenters. The number of benzene rings is 2. The lowest BCUT2D eigenvalue weighted by molar-refractivity contribution is -0.121. The first kappa shape index (κ1) is 18.5. The molecule has 0 aliphatic carbocycles. The molecular formula is C20H23NO4. The van der Waals surface area contributed by atoms with Crippen LogP contribution < -0.4 is 10.1 Å². The van der Waals surface area contributed by atoms with E-state index in [1.54, 1.807) is 12.1 Å². The molecule has 0 bridgehead atoms. The first-order chi connectivity index (χ1) is 11.8. The van der Waals surface area contributed by atoms with Crippen LogP contribution in [0.5, 0.6) is 5.75 Å². The van der Waals surface area contributed by atoms with Gasteiger partial charge in [-0.3, -0.25) is 4.79 Å². The number of carboxylic acids is 1. The second-order valence-electron chi connectivity index (χ2n) is 6.21. The van der Waals surface area contributed by atoms with Crippen LogP contribution in [-0.4, -0.2) is 23.1 Å². The first-order valence-corrected chi connectivity index (χ1v) is 8.23. The number of aromatic carboxylic acids is 1. The van der Waals surface area contributed by atoms with E-state index >= 15 is 0 Å². The zero-order valence-corrected chi connectivity index (χ0v) is 14.7. The molecule has 5 heteroatoms. The van der Waals surface area contributed by atoms with E-state index in [0.29, 0.717) is 5.56 Å². The third kappa shape index (κ3) is 5.64. The zero-order valence-electron chi connectivity index (χ0n) is 14.7. The van der Waals surface area contributed by atoms with E-state index in [1.165, 1.54) is 12.1 Å². The number of carbonyl (C=O) groups excluding carboxylic acids is 1. The Hall–Kier alpha value is -2.82. The Morgan fingerprint density at radius 2 is 1.76 bits per heavy atom. The molecule has 0 saturated carbocycles. The maximum absolute atomic E-state index is 12.2. The number of nitrogens with one attached hydrogen (secondary N) is 1. The van der Waals surface area contributed by atoms with Gasteiger partial charge in [-0.1, -0.05) is 24.3 Å². The van der Waals surface area contributed by atoms with Crippen LogP contribution in [0.1, 0.15) is 48.3 Å². The summed E-state index contributed by atoms with van der Waals surface area (Å²) in [6, 6.07) is 13.9. The van der Waals surface area contributed by atoms with E-state index < -0.39 is 5.97 Å². The Kier molecular flexibility index (Phi) is 6.17. The van der Waals surface area contributed by atoms with Gasteiger partial charge in [0.05, 0.1) is 24.1 Å². The quantitative estimate of drug-likeness (QED) is 0.807. The van der Waals surface area contributed by atoms with Gasteiger partial charge in [-0.25, -0.2) is 4.79 Å². The number of carboxylic acid groups (broad SMARTS) is 1. The van der Waals surface area contributed by atoms with Gasteiger partial charge in [0.1, 0.15) is 5.75 Å². The molecule has 0 radical (unpaired) electrons. The largest absolute Gasteiger partial charge is 0.491 e. The van der Waals surface area contributed by atoms with Crippen LogP contribution in [0.25, 0.3) is 0 Å². The Balaban J connectivity index is 1.95. The average Bonchev–Trinajstić information content (AvgIpc) is 2.55. The summed E-state index contributed by atoms with van der Waals surface area (Å²) < 4.78 is 5.60. The minimum absolute atomic E-state index is 0.115. The van der Waals surface area contributed by atoms with Gasteiger partial charge in [-0.15, -0.1) is 0 Å². The van der Waals surface area contributed by atoms with Gasteiger partial charge in [0.25, 0.3) is 0 Å². The molecule has 0 heterocycles. The van der Waals surface area contributed by atoms with Crippen LogP contribution in [0.4, 0.5) is 0 Å². The van der Waals surface area contributed by atoms with Crippen molar-refractivity contribution in [2.75, 3.05) is 0 Å². The normalized spacial score (nSPS) is 11.8. The smallest absolute Gasteiger partial charge is 0.335 e. The average molecular weight is 341 g/mol. The van der Waals surface area contributed by atoms with Crippen molar-refractivity contribution >= 4 is 11.9 Å². The molecule has 2 aromatic carbocycles. The lowest BCUT2D eigenvalue weighted by Crippen LogP contribution is -2.28. The van der Waals surface area contributed by atoms with Crippen LogP contribution in [0, 0.1) is 0 Å². The van der Waals surface area contributed by atoms with Gasteiger partial charge in [0.15, 0.2) is 0 Å². The highest BCUT2D eigenvalue weighted by molar-refractivity contribution is 5.88. The Labute approximate surface area is 147 Å². The van der Waals surface area contributed by atoms with Gasteiger partial charge >= 0.3 is 5.97 Å². The predicted octanol–water partition coefficient (Wildman–Crippen LogP) is 3.59. The highest BCUT2D eigenvalue weighted by Gasteiger charge is 2.12. The van der Waals surface area contributed by atoms with Crippen LogP contribution in [0.2, 0.25) is 0 Å². The van der Waals surface area contributed by atoms with Crippen molar-refractivity contribution < 1.29 is 19.4 Å². The summed E-state index contributed by atoms with van der Waals surface area (Å²) in [4.78, 5) is 23.2. The molecule has 1 unspecified atom stereocenters. The predicted molar refractivity (Wildman–Crippen MR) is 95.9 cm³/mol. The van der Waals surface area contributed by atoms with Gasteiger partial charge in [0.2, 0.25) is 5.91 Å². The monoisotopic (exact) mass is 341 g/mol. The van der Waals surface area contributed by atoms with E-state index in [1.807, 2.05) is 45.0 Å². The van der Waals surface area contributed by atoms with E-state index in [9.17, 15) is 9.59 Å². The fourth-order valence-electron chi connectivity index (χ4n) is 2.48. The fourth-order valence-corrected chi connectivity index (χ4v) is 2.48. The first-order valence-electron chi connectivity index (χ1n) is 8.23. The molecule has 0 aliphatic heterocycles. The SMILES string of the molecule is CC(C)Oc1ccc(C(C)NC(=O)Cc2cccc(C(=O)O)c2)cc1. The Morgan fingerprint density at radius 1 is 1.08 bits per heavy atom. The van der Waals surface area contributed by atoms with Crippen molar-refractivity contribution in [3.05, 3.63) is 65.2 Å². The topological polar surface area (TPSA) is 75.6 Å². The summed E-state index contributed by atoms with van der Waals surface area (Å²) in [5.74, 6) is -0.361. The molecule has 0 fully saturated rings. The molecule has 1 amide bonds. The third-order valence-electron chi connectivity index (χ3n) is 3.67. The van der Waals surface area contributed by atoms with Crippen molar-refractivity contribution in [1.82, 2.24) is 5.32 Å². The second kappa shape index (κ2) is 8.33. The molecule has 5 nitrogen and oxygen atoms in total. The van der Waals surface area contributed by atoms with Crippen molar-refractivity contribution in [3.63, 3.8) is 0 Å². The molecule has 0 spiro atoms. The summed E-state index contributed by atoms with van der Waals surface area (Å²) in [7, 11) is 0. The highest BCUT2D eigenvalue weighted by Crippen LogP contribution is 2.18. The van der Waals surface area contributed by atoms with Crippen LogP contribution in [-0.2, 0) is 11.2 Å². The van der Waals surface area contributed by atoms with E-state index in [0.717, 1.165) is 11.3 Å². The fraction of sp³-hybridized carbons (Fsp3) is 0.300. The van der Waals surface area contributed by atoms with Gasteiger partial charge in [0, 0.05) is 0 Å². The molecule has 2 N–H and O–H groups in total. The molecule has 2 aromatic rings. The van der Waals surface area contributed by atoms with Crippen LogP contribution in [0.3, 0.4) is 0 Å². The molecule has 2 rings (SSSR count). The minimum atomic E-state index is -1.00. The molecule has 0 aromatic heterocycles. The number of carbonyl (C=O) groups is 2. The number of hydrogen-bond donors (Lipinski definition) is 2. The second-order valence-corrected chi connectivity index (χ2v) is 6.21. The third-order valence-corrected chi connectivity index (χ3v) is 3.67. The molecular weight excluding hydrogens is 318 g/mol. The number of rotatable bonds is 7. The van der Waals surface area contributed by atoms with E-state index in [2.05, 4.69) is 5.32 Å². The Morgan fingerprint density at radius 3 is 2.36 bits per heavy atom. The summed E-state index contributed by atoms with van der Waals surface area (Å²) in [6.07, 6.45) is 0.254. The van der Waals surface area contributed by atoms with E-state index in [4.69, 9.17) is 9.84 Å². The summed E-state index contributed by atoms with van der Waals surface area (Å²) in [5, 5.41) is 11.9. The van der Waals surface area contributed by atoms with Gasteiger partial charge < -0.3 is 15.2 Å². The molecule has 0 saturated heterocycles. The standard InChI is InChI=1S/C20H23NO4/c1-13(2)25-18-9-7-16(8-10-18)14(3)21-19(22)12-15-5-4-6-17(11-15)20(23)24/h4-11,13-14H,12H2,1-3H3,(H,21,22)(H,23,24). The number of ether oxygens (including phenoxy) is 1. The summed E-state index contributed by atoms with van der Waals surface area (Å²) in [6.45, 7) is 5.84. The molecule has 0 aliphatic rings. The van der Waals surface area contributed by atoms with E-state index in [-0.39, 0.29) is 30.0 Å². The number of amides is 1. The highest BCUT2D eigenvalue weighted by atomic mass is 16.5. The summed E-state index contributed by atoms with van der Waals surface area (Å²) >= 11 is 0. The van der Waals surface area contributed by atoms with Crippen molar-refractivity contribution in [2.24, 2.45) is 0 Å². The lowest BCUT2D eigenvalue weighted by atomic mass is 10.1. The minimum Gasteiger partial charge on any atom is -0.491 e. The van der Waals surface area contributed by atoms with Crippen LogP contribution >= 0.6 is 0 Å². The molecule has 132 valence electrons. The lowest BCUT2D eigenvalue weighted by Gasteiger charge is -2.16. The maximum atomic E-state index is 12.2. The van der Waals surface area contributed by atoms with Crippen molar-refractivity contribution in [3.8, 4) is 5.75 Å². The zero-order chi connectivity index (χ0) is 18.4. The maximum Gasteiger partial charge on any atom is 0.335 e. The summed E-state index contributed by atoms with van der Waals surface area (Å²) in [5.41, 5.74) is 1.83. The van der Waals surface area contributed by atoms with Gasteiger partial charge in [-0.2, -0.15) is 0 Å². The number of hydrogen-bond acceptors (Lipinski definition) is 3.